The molecule has 2 rings (SSSR count). The van der Waals surface area contributed by atoms with E-state index in [0.717, 1.165) is 38.9 Å². The normalized spacial score (nSPS) is 30.3. The van der Waals surface area contributed by atoms with Gasteiger partial charge in [-0.15, -0.1) is 0 Å². The summed E-state index contributed by atoms with van der Waals surface area (Å²) in [6, 6.07) is 0.488. The van der Waals surface area contributed by atoms with Crippen LogP contribution >= 0.6 is 0 Å². The average molecular weight is 296 g/mol. The van der Waals surface area contributed by atoms with Crippen molar-refractivity contribution in [2.24, 2.45) is 11.8 Å². The Labute approximate surface area is 127 Å². The van der Waals surface area contributed by atoms with Crippen molar-refractivity contribution in [3.05, 3.63) is 0 Å². The molecule has 120 valence electrons. The van der Waals surface area contributed by atoms with Crippen molar-refractivity contribution < 1.29 is 14.7 Å². The number of carbonyl (C=O) groups is 2. The summed E-state index contributed by atoms with van der Waals surface area (Å²) < 4.78 is 0. The minimum atomic E-state index is -0.739. The van der Waals surface area contributed by atoms with Crippen LogP contribution in [0.1, 0.15) is 52.4 Å². The van der Waals surface area contributed by atoms with Crippen LogP contribution in [0.3, 0.4) is 0 Å². The SMILES string of the molecule is CC1CCC(C)N(C(=O)N2CCCC(CCC(=O)O)C2)C1. The number of urea groups is 1. The molecule has 0 bridgehead atoms. The molecule has 1 N–H and O–H groups in total. The number of piperidine rings is 2. The van der Waals surface area contributed by atoms with Gasteiger partial charge in [0.15, 0.2) is 0 Å². The maximum absolute atomic E-state index is 12.7. The van der Waals surface area contributed by atoms with Crippen molar-refractivity contribution in [2.75, 3.05) is 19.6 Å². The molecule has 0 saturated carbocycles. The Morgan fingerprint density at radius 3 is 2.62 bits per heavy atom. The van der Waals surface area contributed by atoms with Gasteiger partial charge in [0.05, 0.1) is 0 Å². The molecule has 0 aromatic carbocycles. The largest absolute Gasteiger partial charge is 0.481 e. The molecule has 5 heteroatoms. The number of carbonyl (C=O) groups excluding carboxylic acids is 1. The van der Waals surface area contributed by atoms with Crippen LogP contribution in [-0.2, 0) is 4.79 Å². The molecule has 2 amide bonds. The Balaban J connectivity index is 1.90. The number of carboxylic acids is 1. The lowest BCUT2D eigenvalue weighted by molar-refractivity contribution is -0.137. The first-order chi connectivity index (χ1) is 9.97. The molecule has 0 aromatic rings. The van der Waals surface area contributed by atoms with Gasteiger partial charge < -0.3 is 14.9 Å². The lowest BCUT2D eigenvalue weighted by Crippen LogP contribution is -2.53. The first-order valence-corrected chi connectivity index (χ1v) is 8.24. The van der Waals surface area contributed by atoms with E-state index in [2.05, 4.69) is 13.8 Å². The van der Waals surface area contributed by atoms with Gasteiger partial charge in [0.25, 0.3) is 0 Å². The number of rotatable bonds is 3. The van der Waals surface area contributed by atoms with E-state index in [1.807, 2.05) is 9.80 Å². The van der Waals surface area contributed by atoms with Gasteiger partial charge >= 0.3 is 12.0 Å². The van der Waals surface area contributed by atoms with E-state index < -0.39 is 5.97 Å². The summed E-state index contributed by atoms with van der Waals surface area (Å²) in [6.45, 7) is 6.74. The minimum Gasteiger partial charge on any atom is -0.481 e. The molecule has 2 aliphatic heterocycles. The van der Waals surface area contributed by atoms with E-state index in [-0.39, 0.29) is 12.5 Å². The molecule has 2 heterocycles. The lowest BCUT2D eigenvalue weighted by Gasteiger charge is -2.42. The summed E-state index contributed by atoms with van der Waals surface area (Å²) in [5.41, 5.74) is 0. The van der Waals surface area contributed by atoms with Crippen LogP contribution in [0.25, 0.3) is 0 Å². The molecule has 0 spiro atoms. The predicted molar refractivity (Wildman–Crippen MR) is 81.1 cm³/mol. The van der Waals surface area contributed by atoms with Crippen LogP contribution in [-0.4, -0.2) is 52.6 Å². The van der Waals surface area contributed by atoms with Crippen LogP contribution in [0.5, 0.6) is 0 Å². The fourth-order valence-corrected chi connectivity index (χ4v) is 3.54. The summed E-state index contributed by atoms with van der Waals surface area (Å²) in [7, 11) is 0. The Morgan fingerprint density at radius 2 is 1.90 bits per heavy atom. The summed E-state index contributed by atoms with van der Waals surface area (Å²) in [4.78, 5) is 27.4. The summed E-state index contributed by atoms with van der Waals surface area (Å²) in [6.07, 6.45) is 5.22. The number of aliphatic carboxylic acids is 1. The second-order valence-electron chi connectivity index (χ2n) is 6.85. The highest BCUT2D eigenvalue weighted by Gasteiger charge is 2.32. The summed E-state index contributed by atoms with van der Waals surface area (Å²) in [5, 5.41) is 8.80. The molecular formula is C16H28N2O3. The average Bonchev–Trinajstić information content (AvgIpc) is 2.47. The van der Waals surface area contributed by atoms with Crippen molar-refractivity contribution in [1.82, 2.24) is 9.80 Å². The second-order valence-corrected chi connectivity index (χ2v) is 6.85. The highest BCUT2D eigenvalue weighted by molar-refractivity contribution is 5.75. The van der Waals surface area contributed by atoms with Crippen molar-refractivity contribution in [3.8, 4) is 0 Å². The van der Waals surface area contributed by atoms with E-state index in [1.54, 1.807) is 0 Å². The fourth-order valence-electron chi connectivity index (χ4n) is 3.54. The highest BCUT2D eigenvalue weighted by Crippen LogP contribution is 2.26. The number of nitrogens with zero attached hydrogens (tertiary/aromatic N) is 2. The van der Waals surface area contributed by atoms with E-state index >= 15 is 0 Å². The van der Waals surface area contributed by atoms with E-state index in [1.165, 1.54) is 6.42 Å². The minimum absolute atomic E-state index is 0.161. The number of hydrogen-bond acceptors (Lipinski definition) is 2. The Bertz CT molecular complexity index is 386. The van der Waals surface area contributed by atoms with Gasteiger partial charge in [-0.1, -0.05) is 6.92 Å². The summed E-state index contributed by atoms with van der Waals surface area (Å²) >= 11 is 0. The van der Waals surface area contributed by atoms with Crippen LogP contribution < -0.4 is 0 Å². The zero-order valence-corrected chi connectivity index (χ0v) is 13.3. The molecule has 21 heavy (non-hydrogen) atoms. The number of carboxylic acid groups (broad SMARTS) is 1. The first kappa shape index (κ1) is 16.1. The van der Waals surface area contributed by atoms with E-state index in [9.17, 15) is 9.59 Å². The Hall–Kier alpha value is -1.26. The second kappa shape index (κ2) is 7.14. The van der Waals surface area contributed by atoms with E-state index in [0.29, 0.717) is 24.3 Å². The third kappa shape index (κ3) is 4.35. The quantitative estimate of drug-likeness (QED) is 0.871. The van der Waals surface area contributed by atoms with Gasteiger partial charge in [0.1, 0.15) is 0 Å². The fraction of sp³-hybridized carbons (Fsp3) is 0.875. The smallest absolute Gasteiger partial charge is 0.320 e. The van der Waals surface area contributed by atoms with Gasteiger partial charge in [-0.05, 0) is 50.9 Å². The van der Waals surface area contributed by atoms with Crippen molar-refractivity contribution in [3.63, 3.8) is 0 Å². The van der Waals surface area contributed by atoms with Crippen LogP contribution in [0.15, 0.2) is 0 Å². The molecule has 3 atom stereocenters. The molecule has 3 unspecified atom stereocenters. The van der Waals surface area contributed by atoms with E-state index in [4.69, 9.17) is 5.11 Å². The maximum Gasteiger partial charge on any atom is 0.320 e. The highest BCUT2D eigenvalue weighted by atomic mass is 16.4. The molecule has 0 aliphatic carbocycles. The number of hydrogen-bond donors (Lipinski definition) is 1. The van der Waals surface area contributed by atoms with Gasteiger partial charge in [-0.25, -0.2) is 4.79 Å². The third-order valence-corrected chi connectivity index (χ3v) is 4.92. The van der Waals surface area contributed by atoms with Crippen molar-refractivity contribution in [2.45, 2.75) is 58.4 Å². The zero-order valence-electron chi connectivity index (χ0n) is 13.3. The molecule has 2 fully saturated rings. The zero-order chi connectivity index (χ0) is 15.4. The third-order valence-electron chi connectivity index (χ3n) is 4.92. The number of likely N-dealkylation sites (tertiary alicyclic amines) is 2. The molecule has 2 aliphatic rings. The molecule has 0 aromatic heterocycles. The van der Waals surface area contributed by atoms with Crippen LogP contribution in [0, 0.1) is 11.8 Å². The van der Waals surface area contributed by atoms with Gasteiger partial charge in [0.2, 0.25) is 0 Å². The molecule has 5 nitrogen and oxygen atoms in total. The predicted octanol–water partition coefficient (Wildman–Crippen LogP) is 2.80. The van der Waals surface area contributed by atoms with Crippen molar-refractivity contribution in [1.29, 1.82) is 0 Å². The maximum atomic E-state index is 12.7. The standard InChI is InChI=1S/C16H28N2O3/c1-12-5-6-13(2)18(10-12)16(21)17-9-3-4-14(11-17)7-8-15(19)20/h12-14H,3-11H2,1-2H3,(H,19,20). The van der Waals surface area contributed by atoms with Crippen LogP contribution in [0.4, 0.5) is 4.79 Å². The lowest BCUT2D eigenvalue weighted by atomic mass is 9.93. The molecule has 2 saturated heterocycles. The summed E-state index contributed by atoms with van der Waals surface area (Å²) in [5.74, 6) is 0.186. The first-order valence-electron chi connectivity index (χ1n) is 8.24. The number of amides is 2. The van der Waals surface area contributed by atoms with Crippen molar-refractivity contribution >= 4 is 12.0 Å². The van der Waals surface area contributed by atoms with Gasteiger partial charge in [0, 0.05) is 32.1 Å². The molecular weight excluding hydrogens is 268 g/mol. The molecule has 0 radical (unpaired) electrons. The monoisotopic (exact) mass is 296 g/mol. The Kier molecular flexibility index (Phi) is 5.48. The van der Waals surface area contributed by atoms with Gasteiger partial charge in [-0.2, -0.15) is 0 Å². The van der Waals surface area contributed by atoms with Crippen LogP contribution in [0.2, 0.25) is 0 Å². The topological polar surface area (TPSA) is 60.9 Å². The Morgan fingerprint density at radius 1 is 1.14 bits per heavy atom. The van der Waals surface area contributed by atoms with Gasteiger partial charge in [-0.3, -0.25) is 4.79 Å².